The van der Waals surface area contributed by atoms with Gasteiger partial charge in [0.05, 0.1) is 0 Å². The van der Waals surface area contributed by atoms with E-state index in [1.807, 2.05) is 29.1 Å². The molecule has 21 heavy (non-hydrogen) atoms. The quantitative estimate of drug-likeness (QED) is 0.310. The average Bonchev–Trinajstić information content (AvgIpc) is 2.88. The summed E-state index contributed by atoms with van der Waals surface area (Å²) in [6, 6.07) is 3.90. The van der Waals surface area contributed by atoms with Gasteiger partial charge in [-0.3, -0.25) is 4.99 Å². The van der Waals surface area contributed by atoms with Gasteiger partial charge in [-0.25, -0.2) is 0 Å². The van der Waals surface area contributed by atoms with Crippen LogP contribution >= 0.6 is 24.0 Å². The lowest BCUT2D eigenvalue weighted by Crippen LogP contribution is -2.39. The molecule has 122 valence electrons. The minimum absolute atomic E-state index is 0. The minimum atomic E-state index is -4.06. The van der Waals surface area contributed by atoms with Crippen LogP contribution in [-0.2, 0) is 6.54 Å². The van der Waals surface area contributed by atoms with E-state index in [2.05, 4.69) is 15.6 Å². The average molecular weight is 418 g/mol. The molecule has 0 amide bonds. The first-order chi connectivity index (χ1) is 9.51. The summed E-state index contributed by atoms with van der Waals surface area (Å²) in [4.78, 5) is 4.02. The number of halogens is 4. The van der Waals surface area contributed by atoms with E-state index in [1.165, 1.54) is 0 Å². The first kappa shape index (κ1) is 20.1. The second kappa shape index (κ2) is 10.7. The molecule has 0 atom stereocenters. The molecule has 0 aliphatic rings. The molecule has 1 rings (SSSR count). The molecule has 2 N–H and O–H groups in total. The van der Waals surface area contributed by atoms with E-state index in [0.29, 0.717) is 25.5 Å². The van der Waals surface area contributed by atoms with Crippen molar-refractivity contribution in [2.75, 3.05) is 20.1 Å². The summed E-state index contributed by atoms with van der Waals surface area (Å²) in [6.07, 6.45) is -0.246. The van der Waals surface area contributed by atoms with Gasteiger partial charge in [0, 0.05) is 45.5 Å². The molecule has 0 unspecified atom stereocenters. The highest BCUT2D eigenvalue weighted by molar-refractivity contribution is 14.0. The summed E-state index contributed by atoms with van der Waals surface area (Å²) in [7, 11) is 1.64. The fraction of sp³-hybridized carbons (Fsp3) is 0.615. The molecule has 1 aromatic rings. The van der Waals surface area contributed by atoms with Crippen molar-refractivity contribution in [2.24, 2.45) is 4.99 Å². The second-order valence-corrected chi connectivity index (χ2v) is 4.42. The van der Waals surface area contributed by atoms with Crippen LogP contribution in [0.1, 0.15) is 19.3 Å². The number of rotatable bonds is 7. The molecule has 1 heterocycles. The predicted octanol–water partition coefficient (Wildman–Crippen LogP) is 3.00. The van der Waals surface area contributed by atoms with E-state index in [1.54, 1.807) is 7.05 Å². The topological polar surface area (TPSA) is 41.4 Å². The number of unbranched alkanes of at least 4 members (excludes halogenated alkanes) is 1. The van der Waals surface area contributed by atoms with E-state index in [4.69, 9.17) is 0 Å². The number of guanidine groups is 1. The van der Waals surface area contributed by atoms with Crippen LogP contribution in [-0.4, -0.2) is 36.8 Å². The summed E-state index contributed by atoms with van der Waals surface area (Å²) < 4.78 is 37.9. The SMILES string of the molecule is CN=C(NCCCCC(F)(F)F)NCCn1cccc1.I. The molecule has 0 saturated carbocycles. The van der Waals surface area contributed by atoms with E-state index in [0.717, 1.165) is 6.54 Å². The maximum atomic E-state index is 11.9. The van der Waals surface area contributed by atoms with Crippen molar-refractivity contribution in [3.8, 4) is 0 Å². The Morgan fingerprint density at radius 1 is 1.10 bits per heavy atom. The molecule has 0 aliphatic carbocycles. The molecule has 0 aliphatic heterocycles. The number of aliphatic imine (C=N–C) groups is 1. The van der Waals surface area contributed by atoms with Crippen LogP contribution < -0.4 is 10.6 Å². The lowest BCUT2D eigenvalue weighted by atomic mass is 10.2. The highest BCUT2D eigenvalue weighted by Crippen LogP contribution is 2.21. The Bertz CT molecular complexity index is 391. The van der Waals surface area contributed by atoms with Gasteiger partial charge in [-0.1, -0.05) is 0 Å². The Hall–Kier alpha value is -0.930. The summed E-state index contributed by atoms with van der Waals surface area (Å²) in [5.74, 6) is 0.615. The first-order valence-corrected chi connectivity index (χ1v) is 6.63. The molecule has 8 heteroatoms. The van der Waals surface area contributed by atoms with Gasteiger partial charge >= 0.3 is 6.18 Å². The smallest absolute Gasteiger partial charge is 0.356 e. The van der Waals surface area contributed by atoms with Crippen molar-refractivity contribution in [1.29, 1.82) is 0 Å². The maximum absolute atomic E-state index is 11.9. The molecule has 0 fully saturated rings. The van der Waals surface area contributed by atoms with Crippen LogP contribution in [0.2, 0.25) is 0 Å². The van der Waals surface area contributed by atoms with Crippen LogP contribution in [0.25, 0.3) is 0 Å². The van der Waals surface area contributed by atoms with Gasteiger partial charge in [0.2, 0.25) is 0 Å². The summed E-state index contributed by atoms with van der Waals surface area (Å²) in [6.45, 7) is 2.00. The van der Waals surface area contributed by atoms with Gasteiger partial charge in [0.15, 0.2) is 5.96 Å². The first-order valence-electron chi connectivity index (χ1n) is 6.63. The molecule has 4 nitrogen and oxygen atoms in total. The zero-order chi connectivity index (χ0) is 14.8. The van der Waals surface area contributed by atoms with Crippen molar-refractivity contribution < 1.29 is 13.2 Å². The Balaban J connectivity index is 0.00000400. The Labute approximate surface area is 140 Å². The van der Waals surface area contributed by atoms with Crippen molar-refractivity contribution in [3.05, 3.63) is 24.5 Å². The normalized spacial score (nSPS) is 11.9. The summed E-state index contributed by atoms with van der Waals surface area (Å²) >= 11 is 0. The number of alkyl halides is 3. The minimum Gasteiger partial charge on any atom is -0.356 e. The van der Waals surface area contributed by atoms with Crippen molar-refractivity contribution in [1.82, 2.24) is 15.2 Å². The highest BCUT2D eigenvalue weighted by Gasteiger charge is 2.25. The zero-order valence-corrected chi connectivity index (χ0v) is 14.3. The lowest BCUT2D eigenvalue weighted by molar-refractivity contribution is -0.135. The summed E-state index contributed by atoms with van der Waals surface area (Å²) in [5, 5.41) is 6.11. The number of hydrogen-bond acceptors (Lipinski definition) is 1. The zero-order valence-electron chi connectivity index (χ0n) is 12.0. The van der Waals surface area contributed by atoms with Gasteiger partial charge in [0.1, 0.15) is 0 Å². The fourth-order valence-electron chi connectivity index (χ4n) is 1.70. The molecular weight excluding hydrogens is 396 g/mol. The molecule has 0 bridgehead atoms. The van der Waals surface area contributed by atoms with Crippen LogP contribution in [0, 0.1) is 0 Å². The van der Waals surface area contributed by atoms with E-state index in [-0.39, 0.29) is 30.4 Å². The van der Waals surface area contributed by atoms with Crippen molar-refractivity contribution >= 4 is 29.9 Å². The van der Waals surface area contributed by atoms with E-state index in [9.17, 15) is 13.2 Å². The Morgan fingerprint density at radius 2 is 1.71 bits per heavy atom. The lowest BCUT2D eigenvalue weighted by Gasteiger charge is -2.12. The fourth-order valence-corrected chi connectivity index (χ4v) is 1.70. The summed E-state index contributed by atoms with van der Waals surface area (Å²) in [5.41, 5.74) is 0. The number of aromatic nitrogens is 1. The largest absolute Gasteiger partial charge is 0.389 e. The third-order valence-corrected chi connectivity index (χ3v) is 2.73. The molecular formula is C13H22F3IN4. The van der Waals surface area contributed by atoms with Crippen LogP contribution in [0.5, 0.6) is 0 Å². The van der Waals surface area contributed by atoms with Crippen molar-refractivity contribution in [3.63, 3.8) is 0 Å². The van der Waals surface area contributed by atoms with Crippen LogP contribution in [0.15, 0.2) is 29.5 Å². The van der Waals surface area contributed by atoms with Gasteiger partial charge in [0.25, 0.3) is 0 Å². The van der Waals surface area contributed by atoms with Gasteiger partial charge in [-0.2, -0.15) is 13.2 Å². The Morgan fingerprint density at radius 3 is 2.29 bits per heavy atom. The molecule has 0 spiro atoms. The molecule has 0 radical (unpaired) electrons. The number of hydrogen-bond donors (Lipinski definition) is 2. The van der Waals surface area contributed by atoms with Crippen LogP contribution in [0.3, 0.4) is 0 Å². The third-order valence-electron chi connectivity index (χ3n) is 2.73. The standard InChI is InChI=1S/C13H21F3N4.HI/c1-17-12(18-7-3-2-6-13(14,15)16)19-8-11-20-9-4-5-10-20;/h4-5,9-10H,2-3,6-8,11H2,1H3,(H2,17,18,19);1H. The van der Waals surface area contributed by atoms with Gasteiger partial charge in [-0.15, -0.1) is 24.0 Å². The Kier molecular flexibility index (Phi) is 10.3. The third kappa shape index (κ3) is 10.4. The van der Waals surface area contributed by atoms with Crippen LogP contribution in [0.4, 0.5) is 13.2 Å². The van der Waals surface area contributed by atoms with E-state index >= 15 is 0 Å². The number of nitrogens with one attached hydrogen (secondary N) is 2. The van der Waals surface area contributed by atoms with Crippen molar-refractivity contribution in [2.45, 2.75) is 32.0 Å². The highest BCUT2D eigenvalue weighted by atomic mass is 127. The van der Waals surface area contributed by atoms with E-state index < -0.39 is 12.6 Å². The number of nitrogens with zero attached hydrogens (tertiary/aromatic N) is 2. The maximum Gasteiger partial charge on any atom is 0.389 e. The van der Waals surface area contributed by atoms with Gasteiger partial charge < -0.3 is 15.2 Å². The molecule has 0 aromatic carbocycles. The van der Waals surface area contributed by atoms with Gasteiger partial charge in [-0.05, 0) is 25.0 Å². The second-order valence-electron chi connectivity index (χ2n) is 4.42. The predicted molar refractivity (Wildman–Crippen MR) is 89.1 cm³/mol. The molecule has 0 saturated heterocycles. The monoisotopic (exact) mass is 418 g/mol. The molecule has 1 aromatic heterocycles.